The van der Waals surface area contributed by atoms with E-state index >= 15 is 0 Å². The van der Waals surface area contributed by atoms with E-state index in [4.69, 9.17) is 5.73 Å². The smallest absolute Gasteiger partial charge is 0.0679 e. The highest BCUT2D eigenvalue weighted by atomic mass is 16.3. The van der Waals surface area contributed by atoms with Crippen molar-refractivity contribution in [2.45, 2.75) is 19.1 Å². The van der Waals surface area contributed by atoms with Gasteiger partial charge in [0.05, 0.1) is 6.10 Å². The summed E-state index contributed by atoms with van der Waals surface area (Å²) in [5.41, 5.74) is 6.75. The van der Waals surface area contributed by atoms with E-state index in [-0.39, 0.29) is 6.10 Å². The third kappa shape index (κ3) is 3.77. The van der Waals surface area contributed by atoms with E-state index in [9.17, 15) is 5.11 Å². The maximum Gasteiger partial charge on any atom is 0.0679 e. The van der Waals surface area contributed by atoms with E-state index < -0.39 is 0 Å². The molecular formula is C16H22N2O. The van der Waals surface area contributed by atoms with Gasteiger partial charge in [-0.05, 0) is 36.3 Å². The largest absolute Gasteiger partial charge is 0.392 e. The van der Waals surface area contributed by atoms with Gasteiger partial charge in [-0.15, -0.1) is 0 Å². The van der Waals surface area contributed by atoms with E-state index in [1.165, 1.54) is 16.3 Å². The summed E-state index contributed by atoms with van der Waals surface area (Å²) in [4.78, 5) is 2.14. The Balaban J connectivity index is 2.08. The molecule has 19 heavy (non-hydrogen) atoms. The Kier molecular flexibility index (Phi) is 4.91. The molecule has 1 unspecified atom stereocenters. The highest BCUT2D eigenvalue weighted by molar-refractivity contribution is 5.85. The topological polar surface area (TPSA) is 49.5 Å². The molecule has 2 aromatic carbocycles. The van der Waals surface area contributed by atoms with Crippen LogP contribution in [0.2, 0.25) is 0 Å². The van der Waals surface area contributed by atoms with Gasteiger partial charge in [-0.25, -0.2) is 0 Å². The van der Waals surface area contributed by atoms with Gasteiger partial charge >= 0.3 is 0 Å². The number of fused-ring (bicyclic) bond motifs is 1. The molecule has 1 atom stereocenters. The number of benzene rings is 2. The van der Waals surface area contributed by atoms with Crippen molar-refractivity contribution in [2.24, 2.45) is 5.73 Å². The predicted octanol–water partition coefficient (Wildman–Crippen LogP) is 1.98. The van der Waals surface area contributed by atoms with Crippen LogP contribution in [0.5, 0.6) is 0 Å². The molecule has 2 aromatic rings. The summed E-state index contributed by atoms with van der Waals surface area (Å²) in [6.45, 7) is 2.02. The Morgan fingerprint density at radius 2 is 1.89 bits per heavy atom. The molecule has 3 heteroatoms. The van der Waals surface area contributed by atoms with Crippen molar-refractivity contribution < 1.29 is 5.11 Å². The number of nitrogens with zero attached hydrogens (tertiary/aromatic N) is 1. The first kappa shape index (κ1) is 14.0. The molecule has 0 heterocycles. The van der Waals surface area contributed by atoms with Gasteiger partial charge in [0.15, 0.2) is 0 Å². The molecule has 0 aliphatic rings. The van der Waals surface area contributed by atoms with Gasteiger partial charge in [-0.1, -0.05) is 42.5 Å². The highest BCUT2D eigenvalue weighted by Gasteiger charge is 2.09. The zero-order chi connectivity index (χ0) is 13.7. The molecule has 0 saturated carbocycles. The van der Waals surface area contributed by atoms with Gasteiger partial charge in [0, 0.05) is 13.1 Å². The summed E-state index contributed by atoms with van der Waals surface area (Å²) in [5.74, 6) is 0. The lowest BCUT2D eigenvalue weighted by Gasteiger charge is -2.21. The van der Waals surface area contributed by atoms with E-state index in [1.54, 1.807) is 0 Å². The molecule has 2 rings (SSSR count). The second-order valence-corrected chi connectivity index (χ2v) is 5.07. The predicted molar refractivity (Wildman–Crippen MR) is 80.0 cm³/mol. The number of aliphatic hydroxyl groups excluding tert-OH is 1. The van der Waals surface area contributed by atoms with E-state index in [1.807, 2.05) is 7.05 Å². The Bertz CT molecular complexity index is 522. The van der Waals surface area contributed by atoms with Crippen LogP contribution < -0.4 is 5.73 Å². The molecule has 0 amide bonds. The van der Waals surface area contributed by atoms with Crippen LogP contribution in [0.4, 0.5) is 0 Å². The van der Waals surface area contributed by atoms with Gasteiger partial charge in [0.1, 0.15) is 0 Å². The molecule has 0 radical (unpaired) electrons. The molecule has 0 aliphatic carbocycles. The third-order valence-electron chi connectivity index (χ3n) is 3.34. The van der Waals surface area contributed by atoms with E-state index in [0.717, 1.165) is 6.54 Å². The van der Waals surface area contributed by atoms with Crippen molar-refractivity contribution >= 4 is 10.8 Å². The number of aliphatic hydroxyl groups is 1. The Morgan fingerprint density at radius 3 is 2.68 bits per heavy atom. The summed E-state index contributed by atoms with van der Waals surface area (Å²) in [6, 6.07) is 14.8. The summed E-state index contributed by atoms with van der Waals surface area (Å²) in [7, 11) is 2.03. The van der Waals surface area contributed by atoms with Crippen molar-refractivity contribution in [3.05, 3.63) is 48.0 Å². The highest BCUT2D eigenvalue weighted by Crippen LogP contribution is 2.19. The molecule has 0 bridgehead atoms. The van der Waals surface area contributed by atoms with Gasteiger partial charge in [0.25, 0.3) is 0 Å². The molecule has 3 N–H and O–H groups in total. The molecule has 0 aromatic heterocycles. The summed E-state index contributed by atoms with van der Waals surface area (Å²) >= 11 is 0. The fourth-order valence-corrected chi connectivity index (χ4v) is 2.43. The van der Waals surface area contributed by atoms with Gasteiger partial charge < -0.3 is 10.8 Å². The molecule has 102 valence electrons. The van der Waals surface area contributed by atoms with Gasteiger partial charge in [-0.2, -0.15) is 0 Å². The van der Waals surface area contributed by atoms with E-state index in [2.05, 4.69) is 47.4 Å². The first-order chi connectivity index (χ1) is 9.20. The fourth-order valence-electron chi connectivity index (χ4n) is 2.43. The zero-order valence-electron chi connectivity index (χ0n) is 11.4. The molecule has 0 aliphatic heterocycles. The summed E-state index contributed by atoms with van der Waals surface area (Å²) in [6.07, 6.45) is 0.310. The average molecular weight is 258 g/mol. The lowest BCUT2D eigenvalue weighted by atomic mass is 10.0. The quantitative estimate of drug-likeness (QED) is 0.833. The third-order valence-corrected chi connectivity index (χ3v) is 3.34. The van der Waals surface area contributed by atoms with Gasteiger partial charge in [0.2, 0.25) is 0 Å². The first-order valence-electron chi connectivity index (χ1n) is 6.74. The number of hydrogen-bond acceptors (Lipinski definition) is 3. The van der Waals surface area contributed by atoms with Crippen molar-refractivity contribution in [1.29, 1.82) is 0 Å². The summed E-state index contributed by atoms with van der Waals surface area (Å²) in [5, 5.41) is 12.3. The van der Waals surface area contributed by atoms with Crippen LogP contribution in [-0.2, 0) is 6.54 Å². The number of likely N-dealkylation sites (N-methyl/N-ethyl adjacent to an activating group) is 1. The van der Waals surface area contributed by atoms with Crippen molar-refractivity contribution in [3.63, 3.8) is 0 Å². The fraction of sp³-hybridized carbons (Fsp3) is 0.375. The second-order valence-electron chi connectivity index (χ2n) is 5.07. The van der Waals surface area contributed by atoms with Crippen LogP contribution in [0, 0.1) is 0 Å². The van der Waals surface area contributed by atoms with Crippen LogP contribution in [0.3, 0.4) is 0 Å². The van der Waals surface area contributed by atoms with Crippen LogP contribution in [-0.4, -0.2) is 36.2 Å². The molecule has 3 nitrogen and oxygen atoms in total. The number of rotatable bonds is 6. The Morgan fingerprint density at radius 1 is 1.16 bits per heavy atom. The molecular weight excluding hydrogens is 236 g/mol. The summed E-state index contributed by atoms with van der Waals surface area (Å²) < 4.78 is 0. The lowest BCUT2D eigenvalue weighted by molar-refractivity contribution is 0.117. The maximum absolute atomic E-state index is 9.79. The molecule has 0 fully saturated rings. The average Bonchev–Trinajstić information content (AvgIpc) is 2.39. The minimum Gasteiger partial charge on any atom is -0.392 e. The SMILES string of the molecule is CN(Cc1cccc2ccccc12)CC(O)CCN. The van der Waals surface area contributed by atoms with Gasteiger partial charge in [-0.3, -0.25) is 4.90 Å². The Hall–Kier alpha value is -1.42. The molecule has 0 spiro atoms. The standard InChI is InChI=1S/C16H22N2O/c1-18(12-15(19)9-10-17)11-14-7-4-6-13-5-2-3-8-16(13)14/h2-8,15,19H,9-12,17H2,1H3. The lowest BCUT2D eigenvalue weighted by Crippen LogP contribution is -2.30. The van der Waals surface area contributed by atoms with Crippen LogP contribution in [0.15, 0.2) is 42.5 Å². The molecule has 0 saturated heterocycles. The van der Waals surface area contributed by atoms with Crippen LogP contribution >= 0.6 is 0 Å². The van der Waals surface area contributed by atoms with Crippen LogP contribution in [0.25, 0.3) is 10.8 Å². The number of nitrogens with two attached hydrogens (primary N) is 1. The monoisotopic (exact) mass is 258 g/mol. The van der Waals surface area contributed by atoms with Crippen LogP contribution in [0.1, 0.15) is 12.0 Å². The minimum atomic E-state index is -0.343. The second kappa shape index (κ2) is 6.66. The van der Waals surface area contributed by atoms with Crippen molar-refractivity contribution in [3.8, 4) is 0 Å². The minimum absolute atomic E-state index is 0.343. The normalized spacial score (nSPS) is 13.1. The number of hydrogen-bond donors (Lipinski definition) is 2. The first-order valence-corrected chi connectivity index (χ1v) is 6.74. The Labute approximate surface area is 114 Å². The maximum atomic E-state index is 9.79. The van der Waals surface area contributed by atoms with Crippen molar-refractivity contribution in [2.75, 3.05) is 20.1 Å². The zero-order valence-corrected chi connectivity index (χ0v) is 11.4. The van der Waals surface area contributed by atoms with E-state index in [0.29, 0.717) is 19.5 Å². The van der Waals surface area contributed by atoms with Crippen molar-refractivity contribution in [1.82, 2.24) is 4.90 Å².